The van der Waals surface area contributed by atoms with Crippen LogP contribution in [0.4, 0.5) is 5.69 Å². The molecule has 10 heteroatoms. The molecule has 41 heavy (non-hydrogen) atoms. The predicted molar refractivity (Wildman–Crippen MR) is 156 cm³/mol. The van der Waals surface area contributed by atoms with E-state index in [1.54, 1.807) is 43.3 Å². The van der Waals surface area contributed by atoms with Crippen LogP contribution in [0.1, 0.15) is 24.1 Å². The van der Waals surface area contributed by atoms with Gasteiger partial charge in [-0.05, 0) is 48.4 Å². The number of nitrogens with one attached hydrogen (secondary N) is 1. The highest BCUT2D eigenvalue weighted by molar-refractivity contribution is 7.07. The van der Waals surface area contributed by atoms with Crippen molar-refractivity contribution in [3.8, 4) is 11.5 Å². The third kappa shape index (κ3) is 5.82. The van der Waals surface area contributed by atoms with Crippen molar-refractivity contribution in [1.82, 2.24) is 4.57 Å². The molecule has 1 N–H and O–H groups in total. The van der Waals surface area contributed by atoms with Crippen LogP contribution in [0, 0.1) is 0 Å². The molecule has 3 aromatic carbocycles. The zero-order valence-electron chi connectivity index (χ0n) is 22.6. The molecule has 1 atom stereocenters. The van der Waals surface area contributed by atoms with Crippen LogP contribution in [-0.4, -0.2) is 37.3 Å². The summed E-state index contributed by atoms with van der Waals surface area (Å²) < 4.78 is 18.2. The maximum Gasteiger partial charge on any atom is 0.338 e. The number of amides is 1. The number of thiazole rings is 1. The summed E-state index contributed by atoms with van der Waals surface area (Å²) in [6, 6.07) is 22.9. The van der Waals surface area contributed by atoms with Gasteiger partial charge in [-0.1, -0.05) is 65.9 Å². The Morgan fingerprint density at radius 1 is 1.00 bits per heavy atom. The molecule has 1 unspecified atom stereocenters. The van der Waals surface area contributed by atoms with E-state index in [0.717, 1.165) is 5.56 Å². The summed E-state index contributed by atoms with van der Waals surface area (Å²) in [6.45, 7) is 1.54. The van der Waals surface area contributed by atoms with Gasteiger partial charge in [0, 0.05) is 5.69 Å². The van der Waals surface area contributed by atoms with E-state index in [1.165, 1.54) is 30.1 Å². The molecule has 9 nitrogen and oxygen atoms in total. The van der Waals surface area contributed by atoms with Crippen LogP contribution in [0.2, 0.25) is 0 Å². The largest absolute Gasteiger partial charge is 0.493 e. The number of carbonyl (C=O) groups excluding carboxylic acids is 2. The fraction of sp³-hybridized carbons (Fsp3) is 0.161. The van der Waals surface area contributed by atoms with E-state index in [1.807, 2.05) is 48.5 Å². The molecule has 1 aliphatic rings. The topological polar surface area (TPSA) is 108 Å². The van der Waals surface area contributed by atoms with E-state index < -0.39 is 12.0 Å². The number of fused-ring (bicyclic) bond motifs is 1. The van der Waals surface area contributed by atoms with Crippen LogP contribution >= 0.6 is 11.3 Å². The first-order valence-electron chi connectivity index (χ1n) is 12.7. The molecule has 0 saturated heterocycles. The number of carbonyl (C=O) groups is 2. The van der Waals surface area contributed by atoms with Crippen LogP contribution in [0.25, 0.3) is 6.08 Å². The molecular formula is C31H27N3O6S. The van der Waals surface area contributed by atoms with Gasteiger partial charge in [0.05, 0.1) is 36.1 Å². The summed E-state index contributed by atoms with van der Waals surface area (Å²) in [5.74, 6) is -0.0491. The standard InChI is InChI=1S/C31H27N3O6S/c1-19-27(30(37)39-3)28(21-10-6-4-7-11-21)34-29(36)25(41-31(34)32-19)17-20-14-15-23(24(16-20)38-2)40-18-26(35)33-22-12-8-5-9-13-22/h4-17,28H,18H2,1-3H3,(H,33,35). The Morgan fingerprint density at radius 3 is 2.39 bits per heavy atom. The molecule has 0 aliphatic carbocycles. The lowest BCUT2D eigenvalue weighted by Crippen LogP contribution is -2.39. The monoisotopic (exact) mass is 569 g/mol. The molecule has 5 rings (SSSR count). The quantitative estimate of drug-likeness (QED) is 0.326. The Labute approximate surface area is 239 Å². The average Bonchev–Trinajstić information content (AvgIpc) is 3.29. The first-order valence-corrected chi connectivity index (χ1v) is 13.5. The number of allylic oxidation sites excluding steroid dienone is 1. The van der Waals surface area contributed by atoms with Crippen molar-refractivity contribution >= 4 is 35.0 Å². The fourth-order valence-electron chi connectivity index (χ4n) is 4.55. The fourth-order valence-corrected chi connectivity index (χ4v) is 5.60. The Hall–Kier alpha value is -4.96. The van der Waals surface area contributed by atoms with Gasteiger partial charge < -0.3 is 19.5 Å². The van der Waals surface area contributed by atoms with E-state index >= 15 is 0 Å². The van der Waals surface area contributed by atoms with Gasteiger partial charge in [-0.15, -0.1) is 0 Å². The molecule has 1 aromatic heterocycles. The molecule has 0 radical (unpaired) electrons. The predicted octanol–water partition coefficient (Wildman–Crippen LogP) is 3.43. The third-order valence-electron chi connectivity index (χ3n) is 6.44. The number of ether oxygens (including phenoxy) is 3. The van der Waals surface area contributed by atoms with Crippen molar-refractivity contribution in [3.05, 3.63) is 121 Å². The molecule has 208 valence electrons. The second kappa shape index (κ2) is 12.1. The molecule has 2 heterocycles. The second-order valence-electron chi connectivity index (χ2n) is 9.10. The molecule has 0 fully saturated rings. The highest BCUT2D eigenvalue weighted by Gasteiger charge is 2.32. The van der Waals surface area contributed by atoms with Gasteiger partial charge in [0.2, 0.25) is 0 Å². The van der Waals surface area contributed by atoms with Crippen molar-refractivity contribution in [2.24, 2.45) is 4.99 Å². The smallest absolute Gasteiger partial charge is 0.338 e. The van der Waals surface area contributed by atoms with Crippen LogP contribution in [-0.2, 0) is 14.3 Å². The van der Waals surface area contributed by atoms with Crippen molar-refractivity contribution in [2.75, 3.05) is 26.1 Å². The number of rotatable bonds is 8. The van der Waals surface area contributed by atoms with Crippen LogP contribution < -0.4 is 29.7 Å². The Balaban J connectivity index is 1.46. The zero-order valence-corrected chi connectivity index (χ0v) is 23.4. The van der Waals surface area contributed by atoms with Gasteiger partial charge in [-0.2, -0.15) is 0 Å². The minimum atomic E-state index is -0.672. The minimum absolute atomic E-state index is 0.204. The number of nitrogens with zero attached hydrogens (tertiary/aromatic N) is 2. The molecule has 0 saturated carbocycles. The van der Waals surface area contributed by atoms with Crippen LogP contribution in [0.15, 0.2) is 99.9 Å². The van der Waals surface area contributed by atoms with Gasteiger partial charge in [-0.3, -0.25) is 14.2 Å². The lowest BCUT2D eigenvalue weighted by atomic mass is 9.96. The summed E-state index contributed by atoms with van der Waals surface area (Å²) >= 11 is 1.23. The third-order valence-corrected chi connectivity index (χ3v) is 7.43. The summed E-state index contributed by atoms with van der Waals surface area (Å²) in [5.41, 5.74) is 2.67. The summed E-state index contributed by atoms with van der Waals surface area (Å²) in [4.78, 5) is 43.8. The van der Waals surface area contributed by atoms with Crippen LogP contribution in [0.3, 0.4) is 0 Å². The number of hydrogen-bond acceptors (Lipinski definition) is 8. The SMILES string of the molecule is COC(=O)C1=C(C)N=c2sc(=Cc3ccc(OCC(=O)Nc4ccccc4)c(OC)c3)c(=O)n2C1c1ccccc1. The zero-order chi connectivity index (χ0) is 28.9. The van der Waals surface area contributed by atoms with E-state index in [4.69, 9.17) is 14.2 Å². The Kier molecular flexibility index (Phi) is 8.11. The second-order valence-corrected chi connectivity index (χ2v) is 10.1. The van der Waals surface area contributed by atoms with Crippen molar-refractivity contribution < 1.29 is 23.8 Å². The lowest BCUT2D eigenvalue weighted by molar-refractivity contribution is -0.136. The average molecular weight is 570 g/mol. The molecule has 0 bridgehead atoms. The number of hydrogen-bond donors (Lipinski definition) is 1. The summed E-state index contributed by atoms with van der Waals surface area (Å²) in [7, 11) is 2.81. The summed E-state index contributed by atoms with van der Waals surface area (Å²) in [6.07, 6.45) is 1.73. The van der Waals surface area contributed by atoms with Gasteiger partial charge in [-0.25, -0.2) is 9.79 Å². The van der Waals surface area contributed by atoms with E-state index in [2.05, 4.69) is 10.3 Å². The molecule has 0 spiro atoms. The van der Waals surface area contributed by atoms with Crippen LogP contribution in [0.5, 0.6) is 11.5 Å². The van der Waals surface area contributed by atoms with Crippen molar-refractivity contribution in [3.63, 3.8) is 0 Å². The van der Waals surface area contributed by atoms with Crippen molar-refractivity contribution in [1.29, 1.82) is 0 Å². The Bertz CT molecular complexity index is 1810. The highest BCUT2D eigenvalue weighted by Crippen LogP contribution is 2.31. The number of anilines is 1. The van der Waals surface area contributed by atoms with E-state index in [9.17, 15) is 14.4 Å². The first-order chi connectivity index (χ1) is 19.9. The molecular weight excluding hydrogens is 542 g/mol. The molecule has 1 amide bonds. The highest BCUT2D eigenvalue weighted by atomic mass is 32.1. The number of benzene rings is 3. The van der Waals surface area contributed by atoms with Gasteiger partial charge >= 0.3 is 5.97 Å². The van der Waals surface area contributed by atoms with Crippen molar-refractivity contribution in [2.45, 2.75) is 13.0 Å². The molecule has 1 aliphatic heterocycles. The lowest BCUT2D eigenvalue weighted by Gasteiger charge is -2.24. The van der Waals surface area contributed by atoms with Gasteiger partial charge in [0.15, 0.2) is 22.9 Å². The number of methoxy groups -OCH3 is 2. The Morgan fingerprint density at radius 2 is 1.71 bits per heavy atom. The number of esters is 1. The minimum Gasteiger partial charge on any atom is -0.493 e. The first kappa shape index (κ1) is 27.6. The van der Waals surface area contributed by atoms with E-state index in [0.29, 0.717) is 43.4 Å². The number of aromatic nitrogens is 1. The maximum atomic E-state index is 13.7. The number of para-hydroxylation sites is 1. The normalized spacial score (nSPS) is 14.6. The maximum absolute atomic E-state index is 13.7. The summed E-state index contributed by atoms with van der Waals surface area (Å²) in [5, 5.41) is 2.77. The van der Waals surface area contributed by atoms with Gasteiger partial charge in [0.25, 0.3) is 11.5 Å². The van der Waals surface area contributed by atoms with Gasteiger partial charge in [0.1, 0.15) is 0 Å². The van der Waals surface area contributed by atoms with E-state index in [-0.39, 0.29) is 18.1 Å². The molecule has 4 aromatic rings.